The lowest BCUT2D eigenvalue weighted by atomic mass is 10.2. The second-order valence-corrected chi connectivity index (χ2v) is 3.05. The average molecular weight is 214 g/mol. The van der Waals surface area contributed by atoms with Crippen molar-refractivity contribution in [3.63, 3.8) is 0 Å². The van der Waals surface area contributed by atoms with Crippen LogP contribution in [0.4, 0.5) is 5.69 Å². The smallest absolute Gasteiger partial charge is 0.247 e. The van der Waals surface area contributed by atoms with E-state index in [0.29, 0.717) is 5.69 Å². The Morgan fingerprint density at radius 2 is 2.25 bits per heavy atom. The molecule has 0 unspecified atom stereocenters. The van der Waals surface area contributed by atoms with Crippen molar-refractivity contribution in [3.8, 4) is 5.69 Å². The zero-order valence-electron chi connectivity index (χ0n) is 8.50. The number of nitrogens with zero attached hydrogens (tertiary/aromatic N) is 3. The molecule has 1 N–H and O–H groups in total. The molecule has 1 heterocycles. The van der Waals surface area contributed by atoms with E-state index in [2.05, 4.69) is 22.0 Å². The third kappa shape index (κ3) is 1.98. The van der Waals surface area contributed by atoms with Crippen molar-refractivity contribution in [3.05, 3.63) is 49.6 Å². The van der Waals surface area contributed by atoms with Gasteiger partial charge in [0, 0.05) is 0 Å². The lowest BCUT2D eigenvalue weighted by Crippen LogP contribution is -2.10. The lowest BCUT2D eigenvalue weighted by molar-refractivity contribution is -0.111. The van der Waals surface area contributed by atoms with E-state index in [-0.39, 0.29) is 5.91 Å². The van der Waals surface area contributed by atoms with E-state index in [4.69, 9.17) is 0 Å². The standard InChI is InChI=1S/C11H10N4O/c1-2-11(16)14-9-5-3-4-6-10(9)15-8-12-7-13-15/h2-8H,1H2,(H,14,16). The Labute approximate surface area is 92.4 Å². The third-order valence-corrected chi connectivity index (χ3v) is 2.01. The zero-order valence-corrected chi connectivity index (χ0v) is 8.50. The fourth-order valence-electron chi connectivity index (χ4n) is 1.30. The van der Waals surface area contributed by atoms with Gasteiger partial charge in [-0.25, -0.2) is 9.67 Å². The number of aromatic nitrogens is 3. The van der Waals surface area contributed by atoms with E-state index in [9.17, 15) is 4.79 Å². The second-order valence-electron chi connectivity index (χ2n) is 3.05. The van der Waals surface area contributed by atoms with Gasteiger partial charge in [-0.15, -0.1) is 0 Å². The Hall–Kier alpha value is -2.43. The average Bonchev–Trinajstić information content (AvgIpc) is 2.83. The van der Waals surface area contributed by atoms with Crippen LogP contribution in [-0.4, -0.2) is 20.7 Å². The Bertz CT molecular complexity index is 504. The molecule has 0 aliphatic rings. The van der Waals surface area contributed by atoms with Crippen LogP contribution in [0, 0.1) is 0 Å². The number of anilines is 1. The summed E-state index contributed by atoms with van der Waals surface area (Å²) in [7, 11) is 0. The van der Waals surface area contributed by atoms with Gasteiger partial charge in [-0.1, -0.05) is 18.7 Å². The maximum Gasteiger partial charge on any atom is 0.247 e. The van der Waals surface area contributed by atoms with Crippen molar-refractivity contribution in [2.45, 2.75) is 0 Å². The van der Waals surface area contributed by atoms with Gasteiger partial charge < -0.3 is 5.32 Å². The quantitative estimate of drug-likeness (QED) is 0.785. The molecular weight excluding hydrogens is 204 g/mol. The summed E-state index contributed by atoms with van der Waals surface area (Å²) in [5.41, 5.74) is 1.42. The number of carbonyl (C=O) groups excluding carboxylic acids is 1. The molecule has 0 saturated carbocycles. The van der Waals surface area contributed by atoms with Crippen molar-refractivity contribution in [2.24, 2.45) is 0 Å². The van der Waals surface area contributed by atoms with E-state index in [1.54, 1.807) is 17.1 Å². The number of rotatable bonds is 3. The summed E-state index contributed by atoms with van der Waals surface area (Å²) in [5.74, 6) is -0.257. The molecule has 1 aromatic heterocycles. The first-order valence-electron chi connectivity index (χ1n) is 4.68. The van der Waals surface area contributed by atoms with Crippen LogP contribution in [0.15, 0.2) is 49.6 Å². The summed E-state index contributed by atoms with van der Waals surface area (Å²) in [5, 5.41) is 6.71. The Morgan fingerprint density at radius 3 is 2.94 bits per heavy atom. The minimum Gasteiger partial charge on any atom is -0.321 e. The van der Waals surface area contributed by atoms with Gasteiger partial charge in [-0.2, -0.15) is 5.10 Å². The van der Waals surface area contributed by atoms with Crippen molar-refractivity contribution in [1.82, 2.24) is 14.8 Å². The first-order valence-corrected chi connectivity index (χ1v) is 4.68. The molecule has 0 fully saturated rings. The molecule has 0 aliphatic carbocycles. The van der Waals surface area contributed by atoms with Crippen molar-refractivity contribution >= 4 is 11.6 Å². The number of amides is 1. The number of hydrogen-bond acceptors (Lipinski definition) is 3. The first-order chi connectivity index (χ1) is 7.81. The molecule has 1 aromatic carbocycles. The fraction of sp³-hybridized carbons (Fsp3) is 0. The molecule has 2 aromatic rings. The van der Waals surface area contributed by atoms with E-state index in [1.807, 2.05) is 18.2 Å². The Kier molecular flexibility index (Phi) is 2.77. The SMILES string of the molecule is C=CC(=O)Nc1ccccc1-n1cncn1. The van der Waals surface area contributed by atoms with Gasteiger partial charge in [0.1, 0.15) is 12.7 Å². The van der Waals surface area contributed by atoms with E-state index in [1.165, 1.54) is 12.4 Å². The predicted molar refractivity (Wildman–Crippen MR) is 60.2 cm³/mol. The molecule has 80 valence electrons. The Morgan fingerprint density at radius 1 is 1.44 bits per heavy atom. The summed E-state index contributed by atoms with van der Waals surface area (Å²) in [6.45, 7) is 3.40. The predicted octanol–water partition coefficient (Wildman–Crippen LogP) is 1.39. The van der Waals surface area contributed by atoms with E-state index < -0.39 is 0 Å². The normalized spacial score (nSPS) is 9.75. The number of benzene rings is 1. The van der Waals surface area contributed by atoms with Gasteiger partial charge in [-0.3, -0.25) is 4.79 Å². The molecule has 0 aliphatic heterocycles. The zero-order chi connectivity index (χ0) is 11.4. The van der Waals surface area contributed by atoms with Crippen LogP contribution in [0.1, 0.15) is 0 Å². The molecule has 0 spiro atoms. The molecule has 0 bridgehead atoms. The van der Waals surface area contributed by atoms with Crippen LogP contribution in [0.3, 0.4) is 0 Å². The van der Waals surface area contributed by atoms with Gasteiger partial charge in [0.05, 0.1) is 11.4 Å². The minimum atomic E-state index is -0.257. The maximum atomic E-state index is 11.2. The molecule has 1 amide bonds. The number of para-hydroxylation sites is 2. The van der Waals surface area contributed by atoms with Gasteiger partial charge >= 0.3 is 0 Å². The topological polar surface area (TPSA) is 59.8 Å². The fourth-order valence-corrected chi connectivity index (χ4v) is 1.30. The van der Waals surface area contributed by atoms with Crippen LogP contribution in [0.5, 0.6) is 0 Å². The van der Waals surface area contributed by atoms with Crippen molar-refractivity contribution < 1.29 is 4.79 Å². The minimum absolute atomic E-state index is 0.257. The summed E-state index contributed by atoms with van der Waals surface area (Å²) < 4.78 is 1.58. The Balaban J connectivity index is 2.38. The van der Waals surface area contributed by atoms with Crippen molar-refractivity contribution in [1.29, 1.82) is 0 Å². The molecular formula is C11H10N4O. The molecule has 0 saturated heterocycles. The summed E-state index contributed by atoms with van der Waals surface area (Å²) in [6, 6.07) is 7.32. The van der Waals surface area contributed by atoms with Crippen molar-refractivity contribution in [2.75, 3.05) is 5.32 Å². The largest absolute Gasteiger partial charge is 0.321 e. The highest BCUT2D eigenvalue weighted by Crippen LogP contribution is 2.18. The molecule has 16 heavy (non-hydrogen) atoms. The second kappa shape index (κ2) is 4.39. The van der Waals surface area contributed by atoms with Gasteiger partial charge in [0.25, 0.3) is 0 Å². The van der Waals surface area contributed by atoms with Gasteiger partial charge in [-0.05, 0) is 18.2 Å². The number of hydrogen-bond donors (Lipinski definition) is 1. The van der Waals surface area contributed by atoms with Crippen LogP contribution in [-0.2, 0) is 4.79 Å². The maximum absolute atomic E-state index is 11.2. The molecule has 0 atom stereocenters. The van der Waals surface area contributed by atoms with E-state index >= 15 is 0 Å². The van der Waals surface area contributed by atoms with E-state index in [0.717, 1.165) is 5.69 Å². The number of nitrogens with one attached hydrogen (secondary N) is 1. The molecule has 2 rings (SSSR count). The molecule has 5 nitrogen and oxygen atoms in total. The lowest BCUT2D eigenvalue weighted by Gasteiger charge is -2.08. The first kappa shape index (κ1) is 10.1. The third-order valence-electron chi connectivity index (χ3n) is 2.01. The highest BCUT2D eigenvalue weighted by atomic mass is 16.1. The summed E-state index contributed by atoms with van der Waals surface area (Å²) in [6.07, 6.45) is 4.23. The number of carbonyl (C=O) groups is 1. The van der Waals surface area contributed by atoms with Crippen LogP contribution >= 0.6 is 0 Å². The van der Waals surface area contributed by atoms with Crippen LogP contribution in [0.25, 0.3) is 5.69 Å². The van der Waals surface area contributed by atoms with Crippen LogP contribution < -0.4 is 5.32 Å². The molecule has 5 heteroatoms. The monoisotopic (exact) mass is 214 g/mol. The summed E-state index contributed by atoms with van der Waals surface area (Å²) >= 11 is 0. The van der Waals surface area contributed by atoms with Crippen LogP contribution in [0.2, 0.25) is 0 Å². The van der Waals surface area contributed by atoms with Gasteiger partial charge in [0.15, 0.2) is 0 Å². The highest BCUT2D eigenvalue weighted by Gasteiger charge is 2.05. The molecule has 0 radical (unpaired) electrons. The summed E-state index contributed by atoms with van der Waals surface area (Å²) in [4.78, 5) is 15.1. The highest BCUT2D eigenvalue weighted by molar-refractivity contribution is 6.00. The van der Waals surface area contributed by atoms with Gasteiger partial charge in [0.2, 0.25) is 5.91 Å².